The topological polar surface area (TPSA) is 104 Å². The quantitative estimate of drug-likeness (QED) is 0.778. The van der Waals surface area contributed by atoms with Crippen LogP contribution < -0.4 is 5.73 Å². The second-order valence-electron chi connectivity index (χ2n) is 7.19. The number of likely N-dealkylation sites (tertiary alicyclic amines) is 1. The van der Waals surface area contributed by atoms with Crippen LogP contribution in [0.25, 0.3) is 11.1 Å². The highest BCUT2D eigenvalue weighted by Gasteiger charge is 2.52. The van der Waals surface area contributed by atoms with Crippen LogP contribution in [0.4, 0.5) is 5.82 Å². The van der Waals surface area contributed by atoms with Crippen molar-refractivity contribution < 1.29 is 14.6 Å². The van der Waals surface area contributed by atoms with Gasteiger partial charge in [-0.25, -0.2) is 0 Å². The van der Waals surface area contributed by atoms with Gasteiger partial charge in [-0.05, 0) is 31.2 Å². The monoisotopic (exact) mass is 356 g/mol. The largest absolute Gasteiger partial charge is 0.393 e. The number of nitrogen functional groups attached to an aromatic ring is 1. The van der Waals surface area contributed by atoms with Crippen molar-refractivity contribution in [3.63, 3.8) is 0 Å². The molecule has 1 aliphatic heterocycles. The van der Waals surface area contributed by atoms with Gasteiger partial charge in [0.05, 0.1) is 23.3 Å². The predicted octanol–water partition coefficient (Wildman–Crippen LogP) is 1.80. The van der Waals surface area contributed by atoms with E-state index in [1.165, 1.54) is 0 Å². The number of amides is 1. The summed E-state index contributed by atoms with van der Waals surface area (Å²) in [6, 6.07) is 9.39. The first-order chi connectivity index (χ1) is 12.6. The normalized spacial score (nSPS) is 28.2. The Labute approximate surface area is 152 Å². The van der Waals surface area contributed by atoms with Crippen molar-refractivity contribution in [3.05, 3.63) is 36.0 Å². The van der Waals surface area contributed by atoms with Gasteiger partial charge < -0.3 is 20.5 Å². The van der Waals surface area contributed by atoms with E-state index in [0.717, 1.165) is 18.4 Å². The average molecular weight is 356 g/mol. The zero-order valence-electron chi connectivity index (χ0n) is 14.8. The maximum Gasteiger partial charge on any atom is 0.272 e. The Balaban J connectivity index is 1.69. The zero-order valence-corrected chi connectivity index (χ0v) is 14.8. The van der Waals surface area contributed by atoms with Gasteiger partial charge in [0.1, 0.15) is 5.69 Å². The number of aliphatic hydroxyl groups excluding tert-OH is 1. The number of carbonyl (C=O) groups excluding carboxylic acids is 1. The van der Waals surface area contributed by atoms with Crippen molar-refractivity contribution in [2.75, 3.05) is 19.4 Å². The number of aromatic amines is 1. The Morgan fingerprint density at radius 3 is 2.88 bits per heavy atom. The minimum Gasteiger partial charge on any atom is -0.393 e. The summed E-state index contributed by atoms with van der Waals surface area (Å²) >= 11 is 0. The van der Waals surface area contributed by atoms with Crippen molar-refractivity contribution in [2.45, 2.75) is 43.4 Å². The molecule has 7 heteroatoms. The number of methoxy groups -OCH3 is 1. The summed E-state index contributed by atoms with van der Waals surface area (Å²) in [6.45, 7) is 0.594. The van der Waals surface area contributed by atoms with Crippen molar-refractivity contribution >= 4 is 11.7 Å². The van der Waals surface area contributed by atoms with Gasteiger partial charge in [0, 0.05) is 13.7 Å². The van der Waals surface area contributed by atoms with Crippen LogP contribution in [0, 0.1) is 0 Å². The van der Waals surface area contributed by atoms with Crippen LogP contribution >= 0.6 is 0 Å². The maximum atomic E-state index is 13.3. The van der Waals surface area contributed by atoms with E-state index in [0.29, 0.717) is 36.5 Å². The number of ether oxygens (including phenoxy) is 1. The van der Waals surface area contributed by atoms with E-state index in [4.69, 9.17) is 10.5 Å². The van der Waals surface area contributed by atoms with Crippen molar-refractivity contribution in [1.82, 2.24) is 15.1 Å². The van der Waals surface area contributed by atoms with E-state index in [2.05, 4.69) is 10.2 Å². The first kappa shape index (κ1) is 17.1. The molecule has 2 aliphatic rings. The molecule has 3 atom stereocenters. The number of carbonyl (C=O) groups is 1. The molecular formula is C19H24N4O3. The number of rotatable bonds is 3. The van der Waals surface area contributed by atoms with Gasteiger partial charge in [0.2, 0.25) is 0 Å². The molecule has 1 aromatic heterocycles. The fraction of sp³-hybridized carbons (Fsp3) is 0.474. The summed E-state index contributed by atoms with van der Waals surface area (Å²) in [6.07, 6.45) is 2.37. The summed E-state index contributed by atoms with van der Waals surface area (Å²) in [5.41, 5.74) is 7.54. The number of benzene rings is 1. The number of nitrogens with one attached hydrogen (secondary N) is 1. The molecule has 1 saturated heterocycles. The van der Waals surface area contributed by atoms with Gasteiger partial charge in [-0.2, -0.15) is 5.10 Å². The first-order valence-electron chi connectivity index (χ1n) is 8.99. The third kappa shape index (κ3) is 2.59. The number of fused-ring (bicyclic) bond motifs is 1. The highest BCUT2D eigenvalue weighted by atomic mass is 16.5. The molecule has 26 heavy (non-hydrogen) atoms. The number of aliphatic hydroxyl groups is 1. The van der Waals surface area contributed by atoms with E-state index in [9.17, 15) is 9.90 Å². The molecule has 4 rings (SSSR count). The number of anilines is 1. The lowest BCUT2D eigenvalue weighted by atomic mass is 9.79. The number of nitrogens with two attached hydrogens (primary N) is 1. The lowest BCUT2D eigenvalue weighted by molar-refractivity contribution is -0.0824. The first-order valence-corrected chi connectivity index (χ1v) is 8.99. The van der Waals surface area contributed by atoms with E-state index < -0.39 is 6.10 Å². The van der Waals surface area contributed by atoms with Gasteiger partial charge in [-0.1, -0.05) is 30.3 Å². The minimum atomic E-state index is -0.405. The van der Waals surface area contributed by atoms with Gasteiger partial charge in [-0.15, -0.1) is 0 Å². The summed E-state index contributed by atoms with van der Waals surface area (Å²) in [7, 11) is 1.70. The van der Waals surface area contributed by atoms with Crippen molar-refractivity contribution in [1.29, 1.82) is 0 Å². The Morgan fingerprint density at radius 2 is 2.15 bits per heavy atom. The molecule has 2 heterocycles. The average Bonchev–Trinajstić information content (AvgIpc) is 3.23. The predicted molar refractivity (Wildman–Crippen MR) is 97.5 cm³/mol. The van der Waals surface area contributed by atoms with Crippen LogP contribution in [0.3, 0.4) is 0 Å². The molecule has 0 spiro atoms. The van der Waals surface area contributed by atoms with Crippen molar-refractivity contribution in [2.24, 2.45) is 0 Å². The summed E-state index contributed by atoms with van der Waals surface area (Å²) in [4.78, 5) is 15.1. The molecule has 0 radical (unpaired) electrons. The molecule has 0 unspecified atom stereocenters. The van der Waals surface area contributed by atoms with E-state index in [1.807, 2.05) is 35.2 Å². The molecule has 1 saturated carbocycles. The van der Waals surface area contributed by atoms with Gasteiger partial charge >= 0.3 is 0 Å². The Hall–Kier alpha value is -2.38. The molecule has 7 nitrogen and oxygen atoms in total. The van der Waals surface area contributed by atoms with Crippen LogP contribution in [0.1, 0.15) is 36.2 Å². The fourth-order valence-electron chi connectivity index (χ4n) is 4.47. The van der Waals surface area contributed by atoms with Crippen LogP contribution in [-0.4, -0.2) is 57.5 Å². The lowest BCUT2D eigenvalue weighted by Gasteiger charge is -2.42. The van der Waals surface area contributed by atoms with E-state index >= 15 is 0 Å². The smallest absolute Gasteiger partial charge is 0.272 e. The van der Waals surface area contributed by atoms with Gasteiger partial charge in [0.15, 0.2) is 5.82 Å². The molecule has 138 valence electrons. The molecule has 1 amide bonds. The van der Waals surface area contributed by atoms with Crippen molar-refractivity contribution in [3.8, 4) is 11.1 Å². The fourth-order valence-corrected chi connectivity index (χ4v) is 4.47. The number of aromatic nitrogens is 2. The molecule has 1 aromatic carbocycles. The number of H-pyrrole nitrogens is 1. The molecule has 2 aromatic rings. The highest BCUT2D eigenvalue weighted by molar-refractivity contribution is 6.02. The lowest BCUT2D eigenvalue weighted by Crippen LogP contribution is -2.52. The third-order valence-corrected chi connectivity index (χ3v) is 5.89. The number of hydrogen-bond acceptors (Lipinski definition) is 5. The van der Waals surface area contributed by atoms with Gasteiger partial charge in [0.25, 0.3) is 5.91 Å². The Bertz CT molecular complexity index is 806. The van der Waals surface area contributed by atoms with Gasteiger partial charge in [-0.3, -0.25) is 9.89 Å². The molecule has 1 aliphatic carbocycles. The second-order valence-corrected chi connectivity index (χ2v) is 7.19. The van der Waals surface area contributed by atoms with Crippen LogP contribution in [0.5, 0.6) is 0 Å². The Kier molecular flexibility index (Phi) is 4.20. The van der Waals surface area contributed by atoms with Crippen LogP contribution in [-0.2, 0) is 4.74 Å². The third-order valence-electron chi connectivity index (χ3n) is 5.89. The summed E-state index contributed by atoms with van der Waals surface area (Å²) in [5.74, 6) is 0.159. The standard InChI is InChI=1S/C19H24N4O3/c1-26-19-8-7-13(24)11-14(19)23(10-9-19)18(25)16-15(17(20)22-21-16)12-5-3-2-4-6-12/h2-6,13-14,24H,7-11H2,1H3,(H3,20,21,22)/t13-,14-,19+/m0/s1. The number of nitrogens with zero attached hydrogens (tertiary/aromatic N) is 2. The SMILES string of the molecule is CO[C@@]12CC[C@H](O)C[C@@H]1N(C(=O)c1[nH]nc(N)c1-c1ccccc1)CC2. The summed E-state index contributed by atoms with van der Waals surface area (Å²) in [5, 5.41) is 17.0. The Morgan fingerprint density at radius 1 is 1.38 bits per heavy atom. The highest BCUT2D eigenvalue weighted by Crippen LogP contribution is 2.43. The van der Waals surface area contributed by atoms with Crippen LogP contribution in [0.15, 0.2) is 30.3 Å². The maximum absolute atomic E-state index is 13.3. The molecule has 0 bridgehead atoms. The molecular weight excluding hydrogens is 332 g/mol. The molecule has 4 N–H and O–H groups in total. The van der Waals surface area contributed by atoms with Crippen LogP contribution in [0.2, 0.25) is 0 Å². The zero-order chi connectivity index (χ0) is 18.3. The van der Waals surface area contributed by atoms with E-state index in [1.54, 1.807) is 7.11 Å². The minimum absolute atomic E-state index is 0.142. The molecule has 2 fully saturated rings. The second kappa shape index (κ2) is 6.41. The number of hydrogen-bond donors (Lipinski definition) is 3. The van der Waals surface area contributed by atoms with E-state index in [-0.39, 0.29) is 17.6 Å². The summed E-state index contributed by atoms with van der Waals surface area (Å²) < 4.78 is 5.83.